The number of hydrogen-bond acceptors (Lipinski definition) is 2. The van der Waals surface area contributed by atoms with Crippen molar-refractivity contribution in [3.8, 4) is 0 Å². The van der Waals surface area contributed by atoms with E-state index < -0.39 is 0 Å². The predicted molar refractivity (Wildman–Crippen MR) is 50.1 cm³/mol. The van der Waals surface area contributed by atoms with Crippen LogP contribution < -0.4 is 5.56 Å². The first-order valence-corrected chi connectivity index (χ1v) is 4.20. The Kier molecular flexibility index (Phi) is 1.69. The van der Waals surface area contributed by atoms with E-state index in [0.29, 0.717) is 5.65 Å². The molecule has 3 nitrogen and oxygen atoms in total. The first-order chi connectivity index (χ1) is 5.75. The molecule has 2 rings (SSSR count). The van der Waals surface area contributed by atoms with Crippen LogP contribution in [0.3, 0.4) is 0 Å². The van der Waals surface area contributed by atoms with Crippen molar-refractivity contribution in [1.82, 2.24) is 9.97 Å². The summed E-state index contributed by atoms with van der Waals surface area (Å²) < 4.78 is 0.719. The van der Waals surface area contributed by atoms with Gasteiger partial charge in [0.2, 0.25) is 5.56 Å². The molecule has 0 radical (unpaired) electrons. The number of rotatable bonds is 0. The summed E-state index contributed by atoms with van der Waals surface area (Å²) in [5, 5.41) is 0.929. The molecule has 12 heavy (non-hydrogen) atoms. The van der Waals surface area contributed by atoms with E-state index >= 15 is 0 Å². The van der Waals surface area contributed by atoms with Gasteiger partial charge >= 0.3 is 0 Å². The highest BCUT2D eigenvalue weighted by Crippen LogP contribution is 2.11. The van der Waals surface area contributed by atoms with Gasteiger partial charge in [0, 0.05) is 11.5 Å². The van der Waals surface area contributed by atoms with Crippen LogP contribution in [0.25, 0.3) is 11.0 Å². The molecular weight excluding hydrogens is 220 g/mol. The number of aromatic amines is 1. The molecule has 0 fully saturated rings. The molecule has 2 heterocycles. The van der Waals surface area contributed by atoms with Crippen LogP contribution in [-0.4, -0.2) is 9.97 Å². The molecule has 0 aromatic carbocycles. The summed E-state index contributed by atoms with van der Waals surface area (Å²) in [5.41, 5.74) is 0.477. The minimum atomic E-state index is -0.131. The fourth-order valence-corrected chi connectivity index (χ4v) is 1.31. The second kappa shape index (κ2) is 2.71. The maximum absolute atomic E-state index is 10.9. The van der Waals surface area contributed by atoms with E-state index in [0.717, 1.165) is 9.99 Å². The van der Waals surface area contributed by atoms with E-state index in [1.807, 2.05) is 12.1 Å². The maximum atomic E-state index is 10.9. The molecule has 60 valence electrons. The smallest absolute Gasteiger partial charge is 0.249 e. The summed E-state index contributed by atoms with van der Waals surface area (Å²) >= 11 is 3.22. The van der Waals surface area contributed by atoms with E-state index in [9.17, 15) is 4.79 Å². The number of nitrogens with zero attached hydrogens (tertiary/aromatic N) is 1. The van der Waals surface area contributed by atoms with Crippen LogP contribution in [0.5, 0.6) is 0 Å². The second-order valence-corrected chi connectivity index (χ2v) is 3.21. The summed E-state index contributed by atoms with van der Waals surface area (Å²) in [7, 11) is 0. The fraction of sp³-hybridized carbons (Fsp3) is 0. The largest absolute Gasteiger partial charge is 0.307 e. The average Bonchev–Trinajstić information content (AvgIpc) is 2.03. The third kappa shape index (κ3) is 1.25. The van der Waals surface area contributed by atoms with Gasteiger partial charge in [0.1, 0.15) is 10.3 Å². The first-order valence-electron chi connectivity index (χ1n) is 3.41. The lowest BCUT2D eigenvalue weighted by atomic mass is 10.3. The zero-order valence-corrected chi connectivity index (χ0v) is 7.63. The van der Waals surface area contributed by atoms with E-state index in [1.54, 1.807) is 6.07 Å². The topological polar surface area (TPSA) is 45.8 Å². The zero-order chi connectivity index (χ0) is 8.55. The molecule has 0 amide bonds. The standard InChI is InChI=1S/C8H5BrN2O/c9-6-3-1-5-2-4-7(12)11-8(5)10-6/h1-4H,(H,10,11,12). The lowest BCUT2D eigenvalue weighted by Gasteiger charge is -1.95. The number of halogens is 1. The molecule has 0 aliphatic rings. The summed E-state index contributed by atoms with van der Waals surface area (Å²) in [5.74, 6) is 0. The quantitative estimate of drug-likeness (QED) is 0.693. The Balaban J connectivity index is 2.89. The zero-order valence-electron chi connectivity index (χ0n) is 6.04. The second-order valence-electron chi connectivity index (χ2n) is 2.39. The molecular formula is C8H5BrN2O. The van der Waals surface area contributed by atoms with E-state index in [1.165, 1.54) is 6.07 Å². The van der Waals surface area contributed by atoms with Gasteiger partial charge in [0.05, 0.1) is 0 Å². The molecule has 1 N–H and O–H groups in total. The van der Waals surface area contributed by atoms with Gasteiger partial charge in [-0.25, -0.2) is 4.98 Å². The first kappa shape index (κ1) is 7.49. The summed E-state index contributed by atoms with van der Waals surface area (Å²) in [6, 6.07) is 6.95. The van der Waals surface area contributed by atoms with Gasteiger partial charge in [0.15, 0.2) is 0 Å². The van der Waals surface area contributed by atoms with Gasteiger partial charge in [0.25, 0.3) is 0 Å². The minimum absolute atomic E-state index is 0.131. The van der Waals surface area contributed by atoms with Crippen LogP contribution >= 0.6 is 15.9 Å². The molecule has 0 aliphatic heterocycles. The molecule has 0 saturated heterocycles. The van der Waals surface area contributed by atoms with Crippen LogP contribution in [0.15, 0.2) is 33.7 Å². The van der Waals surface area contributed by atoms with Gasteiger partial charge in [-0.1, -0.05) is 0 Å². The van der Waals surface area contributed by atoms with Gasteiger partial charge in [-0.15, -0.1) is 0 Å². The van der Waals surface area contributed by atoms with Crippen molar-refractivity contribution in [2.45, 2.75) is 0 Å². The molecule has 4 heteroatoms. The molecule has 0 bridgehead atoms. The average molecular weight is 225 g/mol. The van der Waals surface area contributed by atoms with Crippen molar-refractivity contribution in [3.05, 3.63) is 39.2 Å². The minimum Gasteiger partial charge on any atom is -0.307 e. The van der Waals surface area contributed by atoms with Crippen molar-refractivity contribution in [2.24, 2.45) is 0 Å². The Labute approximate surface area is 76.6 Å². The Morgan fingerprint density at radius 1 is 1.25 bits per heavy atom. The molecule has 2 aromatic rings. The van der Waals surface area contributed by atoms with Gasteiger partial charge < -0.3 is 4.98 Å². The van der Waals surface area contributed by atoms with E-state index in [2.05, 4.69) is 25.9 Å². The number of aromatic nitrogens is 2. The highest BCUT2D eigenvalue weighted by molar-refractivity contribution is 9.10. The van der Waals surface area contributed by atoms with Crippen molar-refractivity contribution in [1.29, 1.82) is 0 Å². The number of pyridine rings is 2. The van der Waals surface area contributed by atoms with Crippen LogP contribution in [0.2, 0.25) is 0 Å². The molecule has 0 aliphatic carbocycles. The van der Waals surface area contributed by atoms with E-state index in [4.69, 9.17) is 0 Å². The highest BCUT2D eigenvalue weighted by atomic mass is 79.9. The molecule has 0 atom stereocenters. The maximum Gasteiger partial charge on any atom is 0.249 e. The summed E-state index contributed by atoms with van der Waals surface area (Å²) in [6.07, 6.45) is 0. The van der Waals surface area contributed by atoms with Crippen LogP contribution in [0.1, 0.15) is 0 Å². The number of nitrogens with one attached hydrogen (secondary N) is 1. The SMILES string of the molecule is O=c1ccc2ccc(Br)nc2[nH]1. The Morgan fingerprint density at radius 2 is 2.00 bits per heavy atom. The van der Waals surface area contributed by atoms with Crippen molar-refractivity contribution in [3.63, 3.8) is 0 Å². The monoisotopic (exact) mass is 224 g/mol. The van der Waals surface area contributed by atoms with Crippen molar-refractivity contribution in [2.75, 3.05) is 0 Å². The Hall–Kier alpha value is -1.16. The van der Waals surface area contributed by atoms with Crippen LogP contribution in [0.4, 0.5) is 0 Å². The normalized spacial score (nSPS) is 10.4. The Morgan fingerprint density at radius 3 is 2.83 bits per heavy atom. The lowest BCUT2D eigenvalue weighted by Crippen LogP contribution is -2.03. The van der Waals surface area contributed by atoms with Gasteiger partial charge in [-0.3, -0.25) is 4.79 Å². The fourth-order valence-electron chi connectivity index (χ4n) is 1.00. The highest BCUT2D eigenvalue weighted by Gasteiger charge is 1.95. The lowest BCUT2D eigenvalue weighted by molar-refractivity contribution is 1.21. The summed E-state index contributed by atoms with van der Waals surface area (Å²) in [4.78, 5) is 17.6. The Bertz CT molecular complexity index is 478. The number of hydrogen-bond donors (Lipinski definition) is 1. The molecule has 0 saturated carbocycles. The molecule has 2 aromatic heterocycles. The van der Waals surface area contributed by atoms with Crippen LogP contribution in [0, 0.1) is 0 Å². The van der Waals surface area contributed by atoms with Gasteiger partial charge in [-0.2, -0.15) is 0 Å². The van der Waals surface area contributed by atoms with E-state index in [-0.39, 0.29) is 5.56 Å². The molecule has 0 unspecified atom stereocenters. The van der Waals surface area contributed by atoms with Crippen LogP contribution in [-0.2, 0) is 0 Å². The third-order valence-corrected chi connectivity index (χ3v) is 1.99. The number of fused-ring (bicyclic) bond motifs is 1. The predicted octanol–water partition coefficient (Wildman–Crippen LogP) is 1.69. The molecule has 0 spiro atoms. The number of H-pyrrole nitrogens is 1. The summed E-state index contributed by atoms with van der Waals surface area (Å²) in [6.45, 7) is 0. The third-order valence-electron chi connectivity index (χ3n) is 1.55. The van der Waals surface area contributed by atoms with Crippen molar-refractivity contribution < 1.29 is 0 Å². The van der Waals surface area contributed by atoms with Gasteiger partial charge in [-0.05, 0) is 34.1 Å². The van der Waals surface area contributed by atoms with Crippen molar-refractivity contribution >= 4 is 27.0 Å².